The van der Waals surface area contributed by atoms with Crippen LogP contribution in [0.3, 0.4) is 0 Å². The minimum absolute atomic E-state index is 0.132. The van der Waals surface area contributed by atoms with E-state index < -0.39 is 0 Å². The van der Waals surface area contributed by atoms with Gasteiger partial charge < -0.3 is 10.3 Å². The summed E-state index contributed by atoms with van der Waals surface area (Å²) in [5.74, 6) is 0.493. The zero-order chi connectivity index (χ0) is 21.9. The zero-order valence-corrected chi connectivity index (χ0v) is 17.4. The van der Waals surface area contributed by atoms with Gasteiger partial charge in [0.2, 0.25) is 0 Å². The summed E-state index contributed by atoms with van der Waals surface area (Å²) in [6.45, 7) is 0. The summed E-state index contributed by atoms with van der Waals surface area (Å²) in [5, 5.41) is 12.6. The molecule has 2 N–H and O–H groups in total. The molecule has 5 rings (SSSR count). The van der Waals surface area contributed by atoms with E-state index in [2.05, 4.69) is 25.5 Å². The van der Waals surface area contributed by atoms with Crippen molar-refractivity contribution in [1.29, 1.82) is 0 Å². The fourth-order valence-corrected chi connectivity index (χ4v) is 3.69. The molecule has 0 aliphatic heterocycles. The number of aromatic nitrogens is 5. The fourth-order valence-electron chi connectivity index (χ4n) is 3.69. The summed E-state index contributed by atoms with van der Waals surface area (Å²) in [7, 11) is 1.61. The van der Waals surface area contributed by atoms with Gasteiger partial charge in [-0.3, -0.25) is 9.78 Å². The lowest BCUT2D eigenvalue weighted by atomic mass is 10.0. The Morgan fingerprint density at radius 1 is 0.938 bits per heavy atom. The highest BCUT2D eigenvalue weighted by Crippen LogP contribution is 2.29. The summed E-state index contributed by atoms with van der Waals surface area (Å²) in [5.41, 5.74) is 5.90. The molecule has 0 atom stereocenters. The number of nitrogens with zero attached hydrogens (tertiary/aromatic N) is 4. The lowest BCUT2D eigenvalue weighted by Gasteiger charge is -2.10. The molecule has 0 aliphatic carbocycles. The molecule has 3 aromatic heterocycles. The first-order valence-corrected chi connectivity index (χ1v) is 10.2. The Balaban J connectivity index is 1.56. The predicted octanol–water partition coefficient (Wildman–Crippen LogP) is 4.03. The fraction of sp³-hybridized carbons (Fsp3) is 0.0800. The molecule has 7 nitrogen and oxygen atoms in total. The average molecular weight is 420 g/mol. The van der Waals surface area contributed by atoms with Crippen LogP contribution in [-0.2, 0) is 6.42 Å². The van der Waals surface area contributed by atoms with Gasteiger partial charge in [0.1, 0.15) is 11.4 Å². The van der Waals surface area contributed by atoms with E-state index in [0.717, 1.165) is 33.3 Å². The summed E-state index contributed by atoms with van der Waals surface area (Å²) in [4.78, 5) is 24.3. The van der Waals surface area contributed by atoms with Gasteiger partial charge in [0, 0.05) is 59.7 Å². The Labute approximate surface area is 184 Å². The molecule has 0 fully saturated rings. The molecule has 0 radical (unpaired) electrons. The zero-order valence-electron chi connectivity index (χ0n) is 17.4. The number of H-pyrrole nitrogens is 1. The smallest absolute Gasteiger partial charge is 0.251 e. The molecule has 1 amide bonds. The van der Waals surface area contributed by atoms with Crippen molar-refractivity contribution in [2.45, 2.75) is 6.42 Å². The Morgan fingerprint density at radius 2 is 1.72 bits per heavy atom. The van der Waals surface area contributed by atoms with E-state index in [1.165, 1.54) is 0 Å². The van der Waals surface area contributed by atoms with Crippen molar-refractivity contribution in [3.63, 3.8) is 0 Å². The number of aromatic amines is 1. The Bertz CT molecular complexity index is 1390. The average Bonchev–Trinajstić information content (AvgIpc) is 3.27. The van der Waals surface area contributed by atoms with E-state index in [1.54, 1.807) is 25.4 Å². The first-order chi connectivity index (χ1) is 15.7. The van der Waals surface area contributed by atoms with E-state index in [1.807, 2.05) is 60.9 Å². The Hall–Kier alpha value is -4.39. The summed E-state index contributed by atoms with van der Waals surface area (Å²) >= 11 is 0. The van der Waals surface area contributed by atoms with Crippen LogP contribution in [0, 0.1) is 0 Å². The van der Waals surface area contributed by atoms with Crippen LogP contribution in [0.1, 0.15) is 21.7 Å². The van der Waals surface area contributed by atoms with E-state index >= 15 is 0 Å². The standard InChI is InChI=1S/C25H20N6O/c1-26-25(32)18-9-7-17(8-10-18)24-23(16-5-3-2-4-6-16)29-22(30-31-24)13-19-14-28-21-11-12-27-15-20(19)21/h2-12,14-15,28H,13H2,1H3,(H,26,32). The number of carbonyl (C=O) groups excluding carboxylic acids is 1. The maximum Gasteiger partial charge on any atom is 0.251 e. The van der Waals surface area contributed by atoms with Crippen LogP contribution in [0.15, 0.2) is 79.3 Å². The second-order valence-electron chi connectivity index (χ2n) is 7.36. The van der Waals surface area contributed by atoms with Gasteiger partial charge >= 0.3 is 0 Å². The molecule has 0 saturated heterocycles. The summed E-state index contributed by atoms with van der Waals surface area (Å²) in [6, 6.07) is 19.2. The van der Waals surface area contributed by atoms with Crippen LogP contribution < -0.4 is 5.32 Å². The molecule has 32 heavy (non-hydrogen) atoms. The Morgan fingerprint density at radius 3 is 2.50 bits per heavy atom. The highest BCUT2D eigenvalue weighted by Gasteiger charge is 2.15. The number of hydrogen-bond acceptors (Lipinski definition) is 5. The van der Waals surface area contributed by atoms with Crippen LogP contribution in [0.25, 0.3) is 33.4 Å². The number of nitrogens with one attached hydrogen (secondary N) is 2. The van der Waals surface area contributed by atoms with Crippen molar-refractivity contribution in [3.05, 3.63) is 96.2 Å². The molecule has 3 heterocycles. The number of benzene rings is 2. The maximum absolute atomic E-state index is 11.9. The molecule has 0 unspecified atom stereocenters. The van der Waals surface area contributed by atoms with Crippen LogP contribution in [0.5, 0.6) is 0 Å². The van der Waals surface area contributed by atoms with Crippen molar-refractivity contribution < 1.29 is 4.79 Å². The van der Waals surface area contributed by atoms with Crippen molar-refractivity contribution in [1.82, 2.24) is 30.5 Å². The van der Waals surface area contributed by atoms with Crippen molar-refractivity contribution >= 4 is 16.8 Å². The van der Waals surface area contributed by atoms with Gasteiger partial charge in [0.05, 0.1) is 0 Å². The number of hydrogen-bond donors (Lipinski definition) is 2. The third-order valence-corrected chi connectivity index (χ3v) is 5.34. The van der Waals surface area contributed by atoms with E-state index in [4.69, 9.17) is 4.98 Å². The molecule has 0 aliphatic rings. The third-order valence-electron chi connectivity index (χ3n) is 5.34. The van der Waals surface area contributed by atoms with Gasteiger partial charge in [0.15, 0.2) is 5.82 Å². The molecule has 0 spiro atoms. The molecular formula is C25H20N6O. The van der Waals surface area contributed by atoms with Gasteiger partial charge in [0.25, 0.3) is 5.91 Å². The van der Waals surface area contributed by atoms with Crippen LogP contribution in [-0.4, -0.2) is 38.1 Å². The summed E-state index contributed by atoms with van der Waals surface area (Å²) in [6.07, 6.45) is 6.10. The van der Waals surface area contributed by atoms with E-state index in [-0.39, 0.29) is 5.91 Å². The molecule has 0 bridgehead atoms. The van der Waals surface area contributed by atoms with E-state index in [0.29, 0.717) is 23.5 Å². The monoisotopic (exact) mass is 420 g/mol. The van der Waals surface area contributed by atoms with Gasteiger partial charge in [-0.05, 0) is 23.8 Å². The van der Waals surface area contributed by atoms with Crippen molar-refractivity contribution in [2.24, 2.45) is 0 Å². The number of pyridine rings is 1. The molecular weight excluding hydrogens is 400 g/mol. The topological polar surface area (TPSA) is 96.5 Å². The second-order valence-corrected chi connectivity index (χ2v) is 7.36. The number of fused-ring (bicyclic) bond motifs is 1. The Kier molecular flexibility index (Phi) is 5.13. The SMILES string of the molecule is CNC(=O)c1ccc(-c2nnc(Cc3c[nH]c4ccncc34)nc2-c2ccccc2)cc1. The highest BCUT2D eigenvalue weighted by atomic mass is 16.1. The lowest BCUT2D eigenvalue weighted by Crippen LogP contribution is -2.17. The van der Waals surface area contributed by atoms with Crippen molar-refractivity contribution in [3.8, 4) is 22.5 Å². The quantitative estimate of drug-likeness (QED) is 0.447. The van der Waals surface area contributed by atoms with Crippen molar-refractivity contribution in [2.75, 3.05) is 7.05 Å². The second kappa shape index (κ2) is 8.39. The molecule has 0 saturated carbocycles. The van der Waals surface area contributed by atoms with Gasteiger partial charge in [-0.25, -0.2) is 4.98 Å². The highest BCUT2D eigenvalue weighted by molar-refractivity contribution is 5.94. The number of amides is 1. The third kappa shape index (κ3) is 3.72. The van der Waals surface area contributed by atoms with Gasteiger partial charge in [-0.2, -0.15) is 0 Å². The van der Waals surface area contributed by atoms with Gasteiger partial charge in [-0.1, -0.05) is 42.5 Å². The number of rotatable bonds is 5. The minimum atomic E-state index is -0.132. The van der Waals surface area contributed by atoms with E-state index in [9.17, 15) is 4.79 Å². The minimum Gasteiger partial charge on any atom is -0.361 e. The normalized spacial score (nSPS) is 10.9. The van der Waals surface area contributed by atoms with Crippen LogP contribution >= 0.6 is 0 Å². The lowest BCUT2D eigenvalue weighted by molar-refractivity contribution is 0.0963. The predicted molar refractivity (Wildman–Crippen MR) is 123 cm³/mol. The maximum atomic E-state index is 11.9. The molecule has 156 valence electrons. The summed E-state index contributed by atoms with van der Waals surface area (Å²) < 4.78 is 0. The van der Waals surface area contributed by atoms with Crippen LogP contribution in [0.4, 0.5) is 0 Å². The van der Waals surface area contributed by atoms with Gasteiger partial charge in [-0.15, -0.1) is 10.2 Å². The largest absolute Gasteiger partial charge is 0.361 e. The molecule has 7 heteroatoms. The van der Waals surface area contributed by atoms with Crippen LogP contribution in [0.2, 0.25) is 0 Å². The first-order valence-electron chi connectivity index (χ1n) is 10.2. The first kappa shape index (κ1) is 19.6. The molecule has 2 aromatic carbocycles. The molecule has 5 aromatic rings. The number of carbonyl (C=O) groups is 1.